The van der Waals surface area contributed by atoms with E-state index in [1.807, 2.05) is 6.92 Å². The molecule has 0 radical (unpaired) electrons. The smallest absolute Gasteiger partial charge is 0.330 e. The highest BCUT2D eigenvalue weighted by Crippen LogP contribution is 2.13. The van der Waals surface area contributed by atoms with Crippen molar-refractivity contribution in [1.29, 1.82) is 0 Å². The minimum Gasteiger partial charge on any atom is -0.466 e. The Balaban J connectivity index is 2.76. The van der Waals surface area contributed by atoms with Crippen LogP contribution in [-0.2, 0) is 19.6 Å². The molecule has 0 unspecified atom stereocenters. The molecule has 0 aliphatic carbocycles. The third-order valence-corrected chi connectivity index (χ3v) is 4.87. The Kier molecular flexibility index (Phi) is 6.39. The van der Waals surface area contributed by atoms with Crippen molar-refractivity contribution >= 4 is 27.6 Å². The van der Waals surface area contributed by atoms with Crippen LogP contribution in [0.4, 0.5) is 0 Å². The van der Waals surface area contributed by atoms with E-state index in [0.717, 1.165) is 11.6 Å². The summed E-state index contributed by atoms with van der Waals surface area (Å²) in [5.74, 6) is -0.547. The van der Waals surface area contributed by atoms with Crippen molar-refractivity contribution < 1.29 is 17.9 Å². The molecule has 0 aliphatic heterocycles. The fraction of sp³-hybridized carbons (Fsp3) is 0.357. The predicted octanol–water partition coefficient (Wildman–Crippen LogP) is 2.00. The number of hydrogen-bond acceptors (Lipinski definition) is 4. The number of ether oxygens (including phenoxy) is 1. The molecule has 1 rings (SSSR count). The Labute approximate surface area is 130 Å². The van der Waals surface area contributed by atoms with Crippen molar-refractivity contribution in [2.45, 2.75) is 30.2 Å². The van der Waals surface area contributed by atoms with Gasteiger partial charge in [-0.3, -0.25) is 0 Å². The SMILES string of the molecule is COC(=O)/C=C/[C@H](Cl)[C@H](C)NS(=O)(=O)c1ccc(C)cc1. The van der Waals surface area contributed by atoms with Gasteiger partial charge in [0.15, 0.2) is 0 Å². The Morgan fingerprint density at radius 1 is 1.33 bits per heavy atom. The topological polar surface area (TPSA) is 72.5 Å². The van der Waals surface area contributed by atoms with Gasteiger partial charge in [0.2, 0.25) is 10.0 Å². The monoisotopic (exact) mass is 331 g/mol. The minimum atomic E-state index is -3.65. The summed E-state index contributed by atoms with van der Waals surface area (Å²) < 4.78 is 31.2. The summed E-state index contributed by atoms with van der Waals surface area (Å²) in [5, 5.41) is -0.677. The molecule has 0 spiro atoms. The Hall–Kier alpha value is -1.37. The van der Waals surface area contributed by atoms with E-state index in [1.54, 1.807) is 19.1 Å². The molecule has 21 heavy (non-hydrogen) atoms. The Bertz CT molecular complexity index is 610. The van der Waals surface area contributed by atoms with Crippen molar-refractivity contribution in [3.05, 3.63) is 42.0 Å². The van der Waals surface area contributed by atoms with Crippen LogP contribution in [0.5, 0.6) is 0 Å². The standard InChI is InChI=1S/C14H18ClNO4S/c1-10-4-6-12(7-5-10)21(18,19)16-11(2)13(15)8-9-14(17)20-3/h4-9,11,13,16H,1-3H3/b9-8+/t11-,13-/m0/s1. The Morgan fingerprint density at radius 2 is 1.90 bits per heavy atom. The molecule has 5 nitrogen and oxygen atoms in total. The molecule has 0 aromatic heterocycles. The lowest BCUT2D eigenvalue weighted by molar-refractivity contribution is -0.134. The zero-order chi connectivity index (χ0) is 16.0. The quantitative estimate of drug-likeness (QED) is 0.491. The second-order valence-corrected chi connectivity index (χ2v) is 6.77. The summed E-state index contributed by atoms with van der Waals surface area (Å²) in [5.41, 5.74) is 0.971. The van der Waals surface area contributed by atoms with E-state index in [9.17, 15) is 13.2 Å². The van der Waals surface area contributed by atoms with E-state index >= 15 is 0 Å². The van der Waals surface area contributed by atoms with Gasteiger partial charge in [-0.15, -0.1) is 11.6 Å². The lowest BCUT2D eigenvalue weighted by Gasteiger charge is -2.17. The lowest BCUT2D eigenvalue weighted by atomic mass is 10.2. The number of carbonyl (C=O) groups is 1. The van der Waals surface area contributed by atoms with Crippen LogP contribution in [0.2, 0.25) is 0 Å². The first-order valence-corrected chi connectivity index (χ1v) is 8.17. The fourth-order valence-corrected chi connectivity index (χ4v) is 2.98. The highest BCUT2D eigenvalue weighted by Gasteiger charge is 2.21. The van der Waals surface area contributed by atoms with E-state index in [4.69, 9.17) is 11.6 Å². The van der Waals surface area contributed by atoms with Gasteiger partial charge in [0.1, 0.15) is 0 Å². The average Bonchev–Trinajstić information content (AvgIpc) is 2.44. The van der Waals surface area contributed by atoms with Crippen molar-refractivity contribution in [2.75, 3.05) is 7.11 Å². The summed E-state index contributed by atoms with van der Waals surface area (Å²) in [6.45, 7) is 3.49. The highest BCUT2D eigenvalue weighted by molar-refractivity contribution is 7.89. The summed E-state index contributed by atoms with van der Waals surface area (Å²) >= 11 is 6.03. The van der Waals surface area contributed by atoms with E-state index in [1.165, 1.54) is 25.3 Å². The highest BCUT2D eigenvalue weighted by atomic mass is 35.5. The van der Waals surface area contributed by atoms with Crippen LogP contribution < -0.4 is 4.72 Å². The van der Waals surface area contributed by atoms with Crippen LogP contribution in [0.25, 0.3) is 0 Å². The molecule has 1 aromatic carbocycles. The molecule has 1 aromatic rings. The molecule has 0 amide bonds. The number of esters is 1. The van der Waals surface area contributed by atoms with Gasteiger partial charge >= 0.3 is 5.97 Å². The average molecular weight is 332 g/mol. The number of nitrogens with one attached hydrogen (secondary N) is 1. The molecular weight excluding hydrogens is 314 g/mol. The number of alkyl halides is 1. The molecule has 0 saturated carbocycles. The van der Waals surface area contributed by atoms with Crippen LogP contribution in [0.3, 0.4) is 0 Å². The molecule has 1 N–H and O–H groups in total. The van der Waals surface area contributed by atoms with E-state index < -0.39 is 27.4 Å². The van der Waals surface area contributed by atoms with Crippen LogP contribution in [0, 0.1) is 6.92 Å². The third kappa shape index (κ3) is 5.49. The molecule has 0 fully saturated rings. The van der Waals surface area contributed by atoms with Crippen molar-refractivity contribution in [2.24, 2.45) is 0 Å². The van der Waals surface area contributed by atoms with Gasteiger partial charge in [-0.25, -0.2) is 17.9 Å². The maximum Gasteiger partial charge on any atom is 0.330 e. The summed E-state index contributed by atoms with van der Waals surface area (Å²) in [7, 11) is -2.40. The molecular formula is C14H18ClNO4S. The van der Waals surface area contributed by atoms with Crippen LogP contribution in [0.1, 0.15) is 12.5 Å². The van der Waals surface area contributed by atoms with E-state index in [0.29, 0.717) is 0 Å². The molecule has 0 saturated heterocycles. The predicted molar refractivity (Wildman–Crippen MR) is 81.8 cm³/mol. The number of sulfonamides is 1. The molecule has 2 atom stereocenters. The van der Waals surface area contributed by atoms with E-state index in [-0.39, 0.29) is 4.90 Å². The maximum atomic E-state index is 12.2. The molecule has 7 heteroatoms. The number of carbonyl (C=O) groups excluding carboxylic acids is 1. The first-order valence-electron chi connectivity index (χ1n) is 6.25. The number of benzene rings is 1. The summed E-state index contributed by atoms with van der Waals surface area (Å²) in [6, 6.07) is 5.90. The first-order chi connectivity index (χ1) is 9.76. The summed E-state index contributed by atoms with van der Waals surface area (Å²) in [4.78, 5) is 11.1. The van der Waals surface area contributed by atoms with Crippen molar-refractivity contribution in [3.63, 3.8) is 0 Å². The maximum absolute atomic E-state index is 12.2. The Morgan fingerprint density at radius 3 is 2.43 bits per heavy atom. The van der Waals surface area contributed by atoms with Gasteiger partial charge in [0.25, 0.3) is 0 Å². The second kappa shape index (κ2) is 7.59. The van der Waals surface area contributed by atoms with Gasteiger partial charge in [0.05, 0.1) is 17.4 Å². The molecule has 116 valence electrons. The third-order valence-electron chi connectivity index (χ3n) is 2.77. The van der Waals surface area contributed by atoms with Gasteiger partial charge in [-0.05, 0) is 26.0 Å². The van der Waals surface area contributed by atoms with Gasteiger partial charge < -0.3 is 4.74 Å². The fourth-order valence-electron chi connectivity index (χ4n) is 1.50. The number of halogens is 1. The number of hydrogen-bond donors (Lipinski definition) is 1. The van der Waals surface area contributed by atoms with Gasteiger partial charge in [-0.1, -0.05) is 23.8 Å². The molecule has 0 heterocycles. The van der Waals surface area contributed by atoms with Crippen LogP contribution in [-0.4, -0.2) is 32.9 Å². The minimum absolute atomic E-state index is 0.167. The van der Waals surface area contributed by atoms with E-state index in [2.05, 4.69) is 9.46 Å². The zero-order valence-electron chi connectivity index (χ0n) is 12.0. The first kappa shape index (κ1) is 17.7. The van der Waals surface area contributed by atoms with Crippen LogP contribution >= 0.6 is 11.6 Å². The summed E-state index contributed by atoms with van der Waals surface area (Å²) in [6.07, 6.45) is 2.55. The van der Waals surface area contributed by atoms with Gasteiger partial charge in [0, 0.05) is 12.1 Å². The van der Waals surface area contributed by atoms with Crippen LogP contribution in [0.15, 0.2) is 41.3 Å². The number of methoxy groups -OCH3 is 1. The van der Waals surface area contributed by atoms with Gasteiger partial charge in [-0.2, -0.15) is 0 Å². The molecule has 0 aliphatic rings. The lowest BCUT2D eigenvalue weighted by Crippen LogP contribution is -2.38. The normalized spacial score (nSPS) is 14.9. The second-order valence-electron chi connectivity index (χ2n) is 4.55. The zero-order valence-corrected chi connectivity index (χ0v) is 13.6. The number of aryl methyl sites for hydroxylation is 1. The number of rotatable bonds is 6. The largest absolute Gasteiger partial charge is 0.466 e. The molecule has 0 bridgehead atoms. The van der Waals surface area contributed by atoms with Crippen molar-refractivity contribution in [1.82, 2.24) is 4.72 Å². The van der Waals surface area contributed by atoms with Crippen molar-refractivity contribution in [3.8, 4) is 0 Å².